The minimum Gasteiger partial charge on any atom is -0.445 e. The van der Waals surface area contributed by atoms with Crippen molar-refractivity contribution < 1.29 is 21.7 Å². The van der Waals surface area contributed by atoms with Gasteiger partial charge in [0.1, 0.15) is 0 Å². The van der Waals surface area contributed by atoms with E-state index < -0.39 is 19.0 Å². The molecule has 0 aliphatic carbocycles. The highest BCUT2D eigenvalue weighted by atomic mass is 19.4. The third kappa shape index (κ3) is 1.75. The second kappa shape index (κ2) is 3.46. The molecule has 0 radical (unpaired) electrons. The van der Waals surface area contributed by atoms with Crippen LogP contribution in [0.15, 0.2) is 24.4 Å². The molecule has 16 heavy (non-hydrogen) atoms. The zero-order valence-corrected chi connectivity index (χ0v) is 7.75. The molecule has 2 nitrogen and oxygen atoms in total. The SMILES string of the molecule is FC(F)n1ncc2ccc([B-](F)(F)F)cc21. The average molecular weight is 235 g/mol. The van der Waals surface area contributed by atoms with Crippen LogP contribution in [0, 0.1) is 0 Å². The summed E-state index contributed by atoms with van der Waals surface area (Å²) in [7, 11) is 0. The molecule has 0 atom stereocenters. The summed E-state index contributed by atoms with van der Waals surface area (Å²) in [4.78, 5) is 0. The molecule has 1 heterocycles. The average Bonchev–Trinajstić information content (AvgIpc) is 2.58. The maximum absolute atomic E-state index is 12.4. The number of hydrogen-bond acceptors (Lipinski definition) is 1. The fourth-order valence-corrected chi connectivity index (χ4v) is 1.41. The van der Waals surface area contributed by atoms with E-state index in [9.17, 15) is 21.7 Å². The van der Waals surface area contributed by atoms with Crippen molar-refractivity contribution in [1.29, 1.82) is 0 Å². The lowest BCUT2D eigenvalue weighted by molar-refractivity contribution is 0.0615. The van der Waals surface area contributed by atoms with Crippen molar-refractivity contribution in [3.8, 4) is 0 Å². The molecule has 1 aromatic heterocycles. The minimum absolute atomic E-state index is 0.216. The number of rotatable bonds is 2. The molecule has 86 valence electrons. The molecule has 0 unspecified atom stereocenters. The smallest absolute Gasteiger partial charge is 0.445 e. The normalized spacial score (nSPS) is 12.6. The van der Waals surface area contributed by atoms with Crippen molar-refractivity contribution in [3.63, 3.8) is 0 Å². The summed E-state index contributed by atoms with van der Waals surface area (Å²) in [6, 6.07) is 2.68. The van der Waals surface area contributed by atoms with Gasteiger partial charge in [0.05, 0.1) is 11.7 Å². The van der Waals surface area contributed by atoms with Crippen LogP contribution in [0.3, 0.4) is 0 Å². The van der Waals surface area contributed by atoms with Crippen LogP contribution >= 0.6 is 0 Å². The third-order valence-corrected chi connectivity index (χ3v) is 2.19. The maximum atomic E-state index is 12.4. The van der Waals surface area contributed by atoms with Gasteiger partial charge in [0.2, 0.25) is 0 Å². The molecule has 0 spiro atoms. The largest absolute Gasteiger partial charge is 0.509 e. The summed E-state index contributed by atoms with van der Waals surface area (Å²) in [5.74, 6) is 0. The summed E-state index contributed by atoms with van der Waals surface area (Å²) in [5.41, 5.74) is -1.12. The third-order valence-electron chi connectivity index (χ3n) is 2.19. The number of hydrogen-bond donors (Lipinski definition) is 0. The highest BCUT2D eigenvalue weighted by Gasteiger charge is 2.26. The van der Waals surface area contributed by atoms with Crippen molar-refractivity contribution in [2.45, 2.75) is 6.55 Å². The Bertz CT molecular complexity index is 519. The molecule has 0 aliphatic heterocycles. The molecular weight excluding hydrogens is 230 g/mol. The van der Waals surface area contributed by atoms with E-state index in [0.717, 1.165) is 18.3 Å². The van der Waals surface area contributed by atoms with Gasteiger partial charge in [-0.2, -0.15) is 13.9 Å². The molecule has 0 saturated carbocycles. The lowest BCUT2D eigenvalue weighted by atomic mass is 9.80. The summed E-state index contributed by atoms with van der Waals surface area (Å²) in [6.07, 6.45) is 1.11. The van der Waals surface area contributed by atoms with E-state index in [0.29, 0.717) is 6.07 Å². The first kappa shape index (κ1) is 10.9. The highest BCUT2D eigenvalue weighted by Crippen LogP contribution is 2.20. The first-order valence-electron chi connectivity index (χ1n) is 4.35. The van der Waals surface area contributed by atoms with Crippen molar-refractivity contribution in [3.05, 3.63) is 24.4 Å². The second-order valence-corrected chi connectivity index (χ2v) is 3.26. The molecule has 0 N–H and O–H groups in total. The van der Waals surface area contributed by atoms with E-state index in [4.69, 9.17) is 0 Å². The molecule has 1 aromatic carbocycles. The Morgan fingerprint density at radius 3 is 2.44 bits per heavy atom. The number of aromatic nitrogens is 2. The Hall–Kier alpha value is -1.60. The molecule has 0 aliphatic rings. The Morgan fingerprint density at radius 2 is 1.88 bits per heavy atom. The lowest BCUT2D eigenvalue weighted by Gasteiger charge is -2.14. The van der Waals surface area contributed by atoms with Gasteiger partial charge in [0.15, 0.2) is 0 Å². The number of alkyl halides is 2. The highest BCUT2D eigenvalue weighted by molar-refractivity contribution is 6.73. The lowest BCUT2D eigenvalue weighted by Crippen LogP contribution is -2.33. The summed E-state index contributed by atoms with van der Waals surface area (Å²) < 4.78 is 62.2. The Morgan fingerprint density at radius 1 is 1.19 bits per heavy atom. The van der Waals surface area contributed by atoms with Gasteiger partial charge >= 0.3 is 13.5 Å². The monoisotopic (exact) mass is 235 g/mol. The van der Waals surface area contributed by atoms with E-state index in [1.807, 2.05) is 0 Å². The molecule has 0 bridgehead atoms. The van der Waals surface area contributed by atoms with Crippen LogP contribution in [0.5, 0.6) is 0 Å². The van der Waals surface area contributed by atoms with E-state index >= 15 is 0 Å². The van der Waals surface area contributed by atoms with Gasteiger partial charge in [-0.3, -0.25) is 0 Å². The van der Waals surface area contributed by atoms with E-state index in [-0.39, 0.29) is 15.6 Å². The fourth-order valence-electron chi connectivity index (χ4n) is 1.41. The van der Waals surface area contributed by atoms with E-state index in [2.05, 4.69) is 5.10 Å². The van der Waals surface area contributed by atoms with Crippen LogP contribution in [-0.2, 0) is 0 Å². The summed E-state index contributed by atoms with van der Waals surface area (Å²) >= 11 is 0. The summed E-state index contributed by atoms with van der Waals surface area (Å²) in [6.45, 7) is -8.14. The number of benzene rings is 1. The Kier molecular flexibility index (Phi) is 2.36. The van der Waals surface area contributed by atoms with Gasteiger partial charge in [-0.05, 0) is 0 Å². The van der Waals surface area contributed by atoms with Crippen molar-refractivity contribution in [2.75, 3.05) is 0 Å². The predicted octanol–water partition coefficient (Wildman–Crippen LogP) is 2.49. The fraction of sp³-hybridized carbons (Fsp3) is 0.125. The molecule has 2 aromatic rings. The topological polar surface area (TPSA) is 17.8 Å². The predicted molar refractivity (Wildman–Crippen MR) is 49.7 cm³/mol. The van der Waals surface area contributed by atoms with Gasteiger partial charge in [0.25, 0.3) is 0 Å². The van der Waals surface area contributed by atoms with Crippen LogP contribution in [0.4, 0.5) is 21.7 Å². The molecule has 0 amide bonds. The van der Waals surface area contributed by atoms with Crippen LogP contribution < -0.4 is 5.46 Å². The quantitative estimate of drug-likeness (QED) is 0.577. The van der Waals surface area contributed by atoms with Crippen molar-refractivity contribution in [2.24, 2.45) is 0 Å². The molecule has 8 heteroatoms. The van der Waals surface area contributed by atoms with Crippen LogP contribution in [-0.4, -0.2) is 16.8 Å². The van der Waals surface area contributed by atoms with Crippen LogP contribution in [0.2, 0.25) is 0 Å². The van der Waals surface area contributed by atoms with E-state index in [1.165, 1.54) is 0 Å². The van der Waals surface area contributed by atoms with E-state index in [1.54, 1.807) is 0 Å². The number of nitrogens with zero attached hydrogens (tertiary/aromatic N) is 2. The first-order chi connectivity index (χ1) is 7.39. The molecule has 2 rings (SSSR count). The minimum atomic E-state index is -5.19. The zero-order chi connectivity index (χ0) is 11.9. The van der Waals surface area contributed by atoms with Crippen LogP contribution in [0.1, 0.15) is 6.55 Å². The number of fused-ring (bicyclic) bond motifs is 1. The second-order valence-electron chi connectivity index (χ2n) is 3.26. The van der Waals surface area contributed by atoms with Gasteiger partial charge in [-0.25, -0.2) is 4.68 Å². The van der Waals surface area contributed by atoms with Gasteiger partial charge < -0.3 is 12.9 Å². The standard InChI is InChI=1S/C8H5BF5N2/c10-8(11)16-7-3-6(9(12,13)14)2-1-5(7)4-15-16/h1-4,8H/q-1. The molecular formula is C8H5BF5N2-. The van der Waals surface area contributed by atoms with Crippen molar-refractivity contribution >= 4 is 23.3 Å². The van der Waals surface area contributed by atoms with Gasteiger partial charge in [-0.1, -0.05) is 18.2 Å². The zero-order valence-electron chi connectivity index (χ0n) is 7.75. The molecule has 0 fully saturated rings. The molecule has 0 saturated heterocycles. The Labute approximate surface area is 86.7 Å². The van der Waals surface area contributed by atoms with Crippen LogP contribution in [0.25, 0.3) is 10.9 Å². The van der Waals surface area contributed by atoms with Crippen molar-refractivity contribution in [1.82, 2.24) is 9.78 Å². The Balaban J connectivity index is 2.63. The first-order valence-corrected chi connectivity index (χ1v) is 4.35. The van der Waals surface area contributed by atoms with Gasteiger partial charge in [0, 0.05) is 5.39 Å². The summed E-state index contributed by atoms with van der Waals surface area (Å²) in [5, 5.41) is 3.58. The van der Waals surface area contributed by atoms with Gasteiger partial charge in [-0.15, -0.1) is 5.46 Å². The number of halogens is 5. The maximum Gasteiger partial charge on any atom is 0.509 e.